The Balaban J connectivity index is 2.46. The number of benzene rings is 1. The van der Waals surface area contributed by atoms with Crippen LogP contribution in [0.5, 0.6) is 0 Å². The van der Waals surface area contributed by atoms with Crippen LogP contribution in [0, 0.1) is 13.8 Å². The number of rotatable bonds is 6. The Bertz CT molecular complexity index is 946. The van der Waals surface area contributed by atoms with Gasteiger partial charge in [-0.2, -0.15) is 0 Å². The van der Waals surface area contributed by atoms with Gasteiger partial charge in [-0.05, 0) is 30.5 Å². The van der Waals surface area contributed by atoms with E-state index >= 15 is 0 Å². The summed E-state index contributed by atoms with van der Waals surface area (Å²) in [5.74, 6) is -1.54. The molecular formula is C17H19NO6S2. The standard InChI is InChI=1S/C17H19NO6S2/c1-10-7-5-6-8-12(10)9-18-26(21,22)17-13(15(19)23-3)11(2)14(25-17)16(20)24-4/h5-8,18H,9H2,1-4H3. The molecular weight excluding hydrogens is 378 g/mol. The molecule has 0 amide bonds. The summed E-state index contributed by atoms with van der Waals surface area (Å²) in [6, 6.07) is 7.34. The van der Waals surface area contributed by atoms with E-state index < -0.39 is 22.0 Å². The molecule has 0 aliphatic rings. The molecule has 0 atom stereocenters. The average molecular weight is 397 g/mol. The zero-order valence-electron chi connectivity index (χ0n) is 14.8. The van der Waals surface area contributed by atoms with Gasteiger partial charge in [-0.15, -0.1) is 11.3 Å². The first-order valence-corrected chi connectivity index (χ1v) is 9.87. The number of carbonyl (C=O) groups excluding carboxylic acids is 2. The molecule has 9 heteroatoms. The smallest absolute Gasteiger partial charge is 0.348 e. The first-order chi connectivity index (χ1) is 12.2. The van der Waals surface area contributed by atoms with Gasteiger partial charge >= 0.3 is 11.9 Å². The van der Waals surface area contributed by atoms with Gasteiger partial charge in [0.1, 0.15) is 4.88 Å². The molecule has 2 rings (SSSR count). The topological polar surface area (TPSA) is 98.8 Å². The normalized spacial score (nSPS) is 11.2. The minimum absolute atomic E-state index is 0.0455. The average Bonchev–Trinajstić information content (AvgIpc) is 2.98. The second-order valence-corrected chi connectivity index (χ2v) is 8.44. The molecule has 0 saturated heterocycles. The number of esters is 2. The van der Waals surface area contributed by atoms with E-state index in [0.29, 0.717) is 11.3 Å². The van der Waals surface area contributed by atoms with Crippen LogP contribution >= 0.6 is 11.3 Å². The lowest BCUT2D eigenvalue weighted by atomic mass is 10.1. The quantitative estimate of drug-likeness (QED) is 0.752. The van der Waals surface area contributed by atoms with Crippen molar-refractivity contribution in [2.75, 3.05) is 14.2 Å². The number of hydrogen-bond donors (Lipinski definition) is 1. The molecule has 0 aliphatic heterocycles. The number of methoxy groups -OCH3 is 2. The largest absolute Gasteiger partial charge is 0.465 e. The summed E-state index contributed by atoms with van der Waals surface area (Å²) in [6.45, 7) is 3.41. The lowest BCUT2D eigenvalue weighted by molar-refractivity contribution is 0.0596. The van der Waals surface area contributed by atoms with Crippen molar-refractivity contribution in [3.8, 4) is 0 Å². The van der Waals surface area contributed by atoms with Crippen LogP contribution in [0.2, 0.25) is 0 Å². The van der Waals surface area contributed by atoms with Crippen molar-refractivity contribution in [3.05, 3.63) is 51.4 Å². The predicted octanol–water partition coefficient (Wildman–Crippen LogP) is 2.42. The summed E-state index contributed by atoms with van der Waals surface area (Å²) < 4.78 is 37.1. The third-order valence-electron chi connectivity index (χ3n) is 3.83. The van der Waals surface area contributed by atoms with Crippen LogP contribution in [0.1, 0.15) is 36.7 Å². The van der Waals surface area contributed by atoms with Gasteiger partial charge in [-0.1, -0.05) is 24.3 Å². The molecule has 2 aromatic rings. The molecule has 1 N–H and O–H groups in total. The summed E-state index contributed by atoms with van der Waals surface area (Å²) in [6.07, 6.45) is 0. The highest BCUT2D eigenvalue weighted by Gasteiger charge is 2.32. The maximum atomic E-state index is 12.8. The molecule has 7 nitrogen and oxygen atoms in total. The van der Waals surface area contributed by atoms with Crippen molar-refractivity contribution < 1.29 is 27.5 Å². The lowest BCUT2D eigenvalue weighted by Gasteiger charge is -2.09. The number of sulfonamides is 1. The monoisotopic (exact) mass is 397 g/mol. The Hall–Kier alpha value is -2.23. The summed E-state index contributed by atoms with van der Waals surface area (Å²) in [7, 11) is -1.71. The fourth-order valence-electron chi connectivity index (χ4n) is 2.35. The van der Waals surface area contributed by atoms with Gasteiger partial charge in [-0.3, -0.25) is 0 Å². The molecule has 0 fully saturated rings. The van der Waals surface area contributed by atoms with Crippen molar-refractivity contribution in [1.82, 2.24) is 4.72 Å². The molecule has 0 saturated carbocycles. The minimum Gasteiger partial charge on any atom is -0.465 e. The van der Waals surface area contributed by atoms with E-state index in [0.717, 1.165) is 18.2 Å². The Morgan fingerprint density at radius 1 is 1.08 bits per heavy atom. The Kier molecular flexibility index (Phi) is 6.17. The van der Waals surface area contributed by atoms with Crippen LogP contribution in [-0.4, -0.2) is 34.6 Å². The van der Waals surface area contributed by atoms with Crippen LogP contribution in [-0.2, 0) is 26.0 Å². The number of nitrogens with one attached hydrogen (secondary N) is 1. The molecule has 1 aromatic heterocycles. The number of thiophene rings is 1. The first kappa shape index (κ1) is 20.1. The maximum Gasteiger partial charge on any atom is 0.348 e. The first-order valence-electron chi connectivity index (χ1n) is 7.57. The van der Waals surface area contributed by atoms with E-state index in [9.17, 15) is 18.0 Å². The summed E-state index contributed by atoms with van der Waals surface area (Å²) in [5, 5.41) is 0. The zero-order chi connectivity index (χ0) is 19.5. The summed E-state index contributed by atoms with van der Waals surface area (Å²) in [4.78, 5) is 24.0. The highest BCUT2D eigenvalue weighted by atomic mass is 32.2. The Morgan fingerprint density at radius 2 is 1.69 bits per heavy atom. The Labute approximate surface area is 156 Å². The molecule has 0 bridgehead atoms. The molecule has 26 heavy (non-hydrogen) atoms. The summed E-state index contributed by atoms with van der Waals surface area (Å²) in [5.41, 5.74) is 1.79. The second kappa shape index (κ2) is 7.98. The number of ether oxygens (including phenoxy) is 2. The van der Waals surface area contributed by atoms with Crippen LogP contribution in [0.3, 0.4) is 0 Å². The van der Waals surface area contributed by atoms with E-state index in [4.69, 9.17) is 0 Å². The lowest BCUT2D eigenvalue weighted by Crippen LogP contribution is -2.24. The van der Waals surface area contributed by atoms with Crippen LogP contribution < -0.4 is 4.72 Å². The van der Waals surface area contributed by atoms with Gasteiger partial charge < -0.3 is 9.47 Å². The van der Waals surface area contributed by atoms with Gasteiger partial charge in [0.05, 0.1) is 19.8 Å². The number of hydrogen-bond acceptors (Lipinski definition) is 7. The molecule has 0 radical (unpaired) electrons. The highest BCUT2D eigenvalue weighted by molar-refractivity contribution is 7.91. The van der Waals surface area contributed by atoms with Crippen molar-refractivity contribution in [3.63, 3.8) is 0 Å². The van der Waals surface area contributed by atoms with Crippen LogP contribution in [0.4, 0.5) is 0 Å². The number of aryl methyl sites for hydroxylation is 1. The van der Waals surface area contributed by atoms with Gasteiger partial charge in [0.2, 0.25) is 0 Å². The van der Waals surface area contributed by atoms with Crippen molar-refractivity contribution >= 4 is 33.3 Å². The van der Waals surface area contributed by atoms with E-state index in [1.54, 1.807) is 12.1 Å². The van der Waals surface area contributed by atoms with Gasteiger partial charge in [0.25, 0.3) is 10.0 Å². The van der Waals surface area contributed by atoms with Crippen molar-refractivity contribution in [2.45, 2.75) is 24.6 Å². The van der Waals surface area contributed by atoms with Crippen molar-refractivity contribution in [1.29, 1.82) is 0 Å². The third-order valence-corrected chi connectivity index (χ3v) is 7.02. The minimum atomic E-state index is -4.04. The van der Waals surface area contributed by atoms with Crippen LogP contribution in [0.15, 0.2) is 28.5 Å². The van der Waals surface area contributed by atoms with E-state index in [-0.39, 0.29) is 26.8 Å². The molecule has 0 spiro atoms. The maximum absolute atomic E-state index is 12.8. The van der Waals surface area contributed by atoms with Crippen LogP contribution in [0.25, 0.3) is 0 Å². The van der Waals surface area contributed by atoms with E-state index in [1.807, 2.05) is 19.1 Å². The highest BCUT2D eigenvalue weighted by Crippen LogP contribution is 2.33. The van der Waals surface area contributed by atoms with Crippen molar-refractivity contribution in [2.24, 2.45) is 0 Å². The molecule has 1 aromatic carbocycles. The van der Waals surface area contributed by atoms with Gasteiger partial charge in [0, 0.05) is 6.54 Å². The van der Waals surface area contributed by atoms with Gasteiger partial charge in [-0.25, -0.2) is 22.7 Å². The molecule has 0 aliphatic carbocycles. The molecule has 0 unspecified atom stereocenters. The third kappa shape index (κ3) is 3.95. The second-order valence-electron chi connectivity index (χ2n) is 5.45. The zero-order valence-corrected chi connectivity index (χ0v) is 16.4. The summed E-state index contributed by atoms with van der Waals surface area (Å²) >= 11 is 0.683. The van der Waals surface area contributed by atoms with Gasteiger partial charge in [0.15, 0.2) is 4.21 Å². The molecule has 140 valence electrons. The van der Waals surface area contributed by atoms with E-state index in [2.05, 4.69) is 14.2 Å². The molecule has 1 heterocycles. The van der Waals surface area contributed by atoms with E-state index in [1.165, 1.54) is 14.0 Å². The fourth-order valence-corrected chi connectivity index (χ4v) is 5.14. The fraction of sp³-hybridized carbons (Fsp3) is 0.294. The SMILES string of the molecule is COC(=O)c1sc(S(=O)(=O)NCc2ccccc2C)c(C(=O)OC)c1C. The predicted molar refractivity (Wildman–Crippen MR) is 96.9 cm³/mol. The Morgan fingerprint density at radius 3 is 2.27 bits per heavy atom. The number of carbonyl (C=O) groups is 2.